The Labute approximate surface area is 157 Å². The number of rotatable bonds is 0. The van der Waals surface area contributed by atoms with Gasteiger partial charge in [0.05, 0.1) is 0 Å². The Bertz CT molecular complexity index is 789. The van der Waals surface area contributed by atoms with Gasteiger partial charge in [0.2, 0.25) is 0 Å². The molecule has 0 aliphatic heterocycles. The van der Waals surface area contributed by atoms with Crippen LogP contribution in [0.25, 0.3) is 22.3 Å². The van der Waals surface area contributed by atoms with Crippen LogP contribution in [0.2, 0.25) is 0 Å². The second-order valence-corrected chi connectivity index (χ2v) is 5.71. The van der Waals surface area contributed by atoms with Crippen LogP contribution in [0.3, 0.4) is 0 Å². The molecule has 0 saturated carbocycles. The van der Waals surface area contributed by atoms with Gasteiger partial charge in [0.25, 0.3) is 0 Å². The van der Waals surface area contributed by atoms with Gasteiger partial charge in [-0.05, 0) is 46.2 Å². The second-order valence-electron chi connectivity index (χ2n) is 5.71. The molecule has 0 amide bonds. The zero-order valence-corrected chi connectivity index (χ0v) is 15.5. The Kier molecular flexibility index (Phi) is 4.10. The van der Waals surface area contributed by atoms with Gasteiger partial charge in [-0.3, -0.25) is 0 Å². The van der Waals surface area contributed by atoms with Crippen molar-refractivity contribution >= 4 is 0 Å². The molecule has 5 rings (SSSR count). The first-order chi connectivity index (χ1) is 9.92. The summed E-state index contributed by atoms with van der Waals surface area (Å²) in [4.78, 5) is 0. The van der Waals surface area contributed by atoms with Crippen LogP contribution in [0.15, 0.2) is 54.6 Å². The molecule has 0 saturated heterocycles. The number of hydrogen-bond acceptors (Lipinski definition) is 0. The maximum absolute atomic E-state index is 3.21. The zero-order chi connectivity index (χ0) is 13.1. The Morgan fingerprint density at radius 2 is 1.32 bits per heavy atom. The molecule has 2 aliphatic carbocycles. The minimum atomic E-state index is 0. The zero-order valence-electron chi connectivity index (χ0n) is 12.7. The molecule has 2 aliphatic rings. The van der Waals surface area contributed by atoms with Crippen LogP contribution in [0.5, 0.6) is 0 Å². The summed E-state index contributed by atoms with van der Waals surface area (Å²) < 4.78 is 0. The number of hydrogen-bond donors (Lipinski definition) is 0. The van der Waals surface area contributed by atoms with E-state index >= 15 is 0 Å². The van der Waals surface area contributed by atoms with Gasteiger partial charge in [-0.1, -0.05) is 36.4 Å². The standard InChI is InChI=1S/C20H13.CH3.Y/c1-3-7-15-13(5-1)11-19-17(15)9-10-18-16-8-4-2-6-14(16)12-20(18)19;;/h1,3-10H,11-12H2;1H3;/q2*-1;. The van der Waals surface area contributed by atoms with Crippen LogP contribution in [-0.2, 0) is 45.6 Å². The van der Waals surface area contributed by atoms with E-state index in [1.54, 1.807) is 5.56 Å². The minimum absolute atomic E-state index is 0. The van der Waals surface area contributed by atoms with Crippen LogP contribution < -0.4 is 0 Å². The molecule has 1 radical (unpaired) electrons. The van der Waals surface area contributed by atoms with Crippen molar-refractivity contribution in [2.24, 2.45) is 0 Å². The third kappa shape index (κ3) is 2.05. The van der Waals surface area contributed by atoms with Gasteiger partial charge in [-0.25, -0.2) is 0 Å². The molecule has 105 valence electrons. The Balaban J connectivity index is 0.000000720. The van der Waals surface area contributed by atoms with Gasteiger partial charge < -0.3 is 7.43 Å². The molecular weight excluding hydrogens is 341 g/mol. The Morgan fingerprint density at radius 1 is 0.682 bits per heavy atom. The average Bonchev–Trinajstić information content (AvgIpc) is 3.05. The molecule has 0 nitrogen and oxygen atoms in total. The Morgan fingerprint density at radius 3 is 2.09 bits per heavy atom. The summed E-state index contributed by atoms with van der Waals surface area (Å²) in [6, 6.07) is 23.0. The molecule has 0 heterocycles. The predicted molar refractivity (Wildman–Crippen MR) is 88.2 cm³/mol. The average molecular weight is 357 g/mol. The molecule has 0 N–H and O–H groups in total. The van der Waals surface area contributed by atoms with E-state index in [0.717, 1.165) is 12.8 Å². The second kappa shape index (κ2) is 5.76. The monoisotopic (exact) mass is 357 g/mol. The Hall–Kier alpha value is -1.24. The summed E-state index contributed by atoms with van der Waals surface area (Å²) in [6.45, 7) is 0. The van der Waals surface area contributed by atoms with Crippen molar-refractivity contribution < 1.29 is 32.7 Å². The van der Waals surface area contributed by atoms with Gasteiger partial charge in [-0.2, -0.15) is 24.3 Å². The van der Waals surface area contributed by atoms with Gasteiger partial charge in [0, 0.05) is 32.7 Å². The van der Waals surface area contributed by atoms with E-state index in [4.69, 9.17) is 0 Å². The third-order valence-corrected chi connectivity index (χ3v) is 4.71. The smallest absolute Gasteiger partial charge is 0 e. The van der Waals surface area contributed by atoms with Crippen LogP contribution in [0, 0.1) is 13.5 Å². The van der Waals surface area contributed by atoms with E-state index in [2.05, 4.69) is 54.6 Å². The molecule has 22 heavy (non-hydrogen) atoms. The fourth-order valence-electron chi connectivity index (χ4n) is 3.79. The summed E-state index contributed by atoms with van der Waals surface area (Å²) in [6.07, 6.45) is 2.16. The van der Waals surface area contributed by atoms with E-state index in [1.165, 1.54) is 38.9 Å². The van der Waals surface area contributed by atoms with Gasteiger partial charge in [-0.15, -0.1) is 11.1 Å². The summed E-state index contributed by atoms with van der Waals surface area (Å²) >= 11 is 0. The van der Waals surface area contributed by atoms with Crippen molar-refractivity contribution in [1.29, 1.82) is 0 Å². The SMILES string of the molecule is [CH3-].[Y].[c-]1ccc2c(c1)Cc1c-2ccc2c1Cc1ccccc1-2. The predicted octanol–water partition coefficient (Wildman–Crippen LogP) is 5.08. The van der Waals surface area contributed by atoms with Crippen LogP contribution >= 0.6 is 0 Å². The fourth-order valence-corrected chi connectivity index (χ4v) is 3.79. The fraction of sp³-hybridized carbons (Fsp3) is 0.0952. The maximum atomic E-state index is 3.21. The van der Waals surface area contributed by atoms with Gasteiger partial charge in [0.1, 0.15) is 0 Å². The molecular formula is C21H16Y-2. The molecule has 0 aromatic heterocycles. The first-order valence-electron chi connectivity index (χ1n) is 7.14. The summed E-state index contributed by atoms with van der Waals surface area (Å²) in [5.41, 5.74) is 11.7. The van der Waals surface area contributed by atoms with Crippen molar-refractivity contribution in [3.8, 4) is 22.3 Å². The molecule has 0 fully saturated rings. The normalized spacial score (nSPS) is 12.4. The van der Waals surface area contributed by atoms with E-state index < -0.39 is 0 Å². The number of benzene rings is 3. The van der Waals surface area contributed by atoms with Crippen molar-refractivity contribution in [3.63, 3.8) is 0 Å². The molecule has 0 bridgehead atoms. The van der Waals surface area contributed by atoms with Crippen molar-refractivity contribution in [1.82, 2.24) is 0 Å². The molecule has 0 atom stereocenters. The van der Waals surface area contributed by atoms with Crippen molar-refractivity contribution in [2.75, 3.05) is 0 Å². The third-order valence-electron chi connectivity index (χ3n) is 4.71. The van der Waals surface area contributed by atoms with Gasteiger partial charge >= 0.3 is 0 Å². The van der Waals surface area contributed by atoms with E-state index in [9.17, 15) is 0 Å². The first kappa shape index (κ1) is 15.7. The van der Waals surface area contributed by atoms with Crippen molar-refractivity contribution in [2.45, 2.75) is 12.8 Å². The van der Waals surface area contributed by atoms with E-state index in [-0.39, 0.29) is 40.1 Å². The summed E-state index contributed by atoms with van der Waals surface area (Å²) in [5, 5.41) is 0. The topological polar surface area (TPSA) is 0 Å². The summed E-state index contributed by atoms with van der Waals surface area (Å²) in [5.74, 6) is 0. The van der Waals surface area contributed by atoms with E-state index in [1.807, 2.05) is 6.07 Å². The quantitative estimate of drug-likeness (QED) is 0.339. The number of fused-ring (bicyclic) bond motifs is 7. The largest absolute Gasteiger partial charge is 0.358 e. The minimum Gasteiger partial charge on any atom is -0.358 e. The molecule has 0 spiro atoms. The van der Waals surface area contributed by atoms with Crippen LogP contribution in [0.1, 0.15) is 22.3 Å². The molecule has 3 aromatic carbocycles. The van der Waals surface area contributed by atoms with Crippen LogP contribution in [0.4, 0.5) is 0 Å². The molecule has 3 aromatic rings. The molecule has 0 unspecified atom stereocenters. The summed E-state index contributed by atoms with van der Waals surface area (Å²) in [7, 11) is 0. The molecule has 1 heteroatoms. The van der Waals surface area contributed by atoms with Gasteiger partial charge in [0.15, 0.2) is 0 Å². The first-order valence-corrected chi connectivity index (χ1v) is 7.14. The van der Waals surface area contributed by atoms with Crippen molar-refractivity contribution in [3.05, 3.63) is 90.3 Å². The maximum Gasteiger partial charge on any atom is 0 e. The van der Waals surface area contributed by atoms with E-state index in [0.29, 0.717) is 0 Å². The van der Waals surface area contributed by atoms with Crippen LogP contribution in [-0.4, -0.2) is 0 Å².